The SMILES string of the molecule is CCCCCCCCCCc1c(S(=O)(=O)O)cc2ccccc2c1CCCCCCCCCC. The molecule has 4 heteroatoms. The molecule has 0 spiro atoms. The van der Waals surface area contributed by atoms with Gasteiger partial charge in [0, 0.05) is 0 Å². The first-order chi connectivity index (χ1) is 16.5. The molecule has 0 bridgehead atoms. The fourth-order valence-electron chi connectivity index (χ4n) is 5.10. The summed E-state index contributed by atoms with van der Waals surface area (Å²) in [5, 5.41) is 2.05. The van der Waals surface area contributed by atoms with E-state index in [1.54, 1.807) is 6.07 Å². The van der Waals surface area contributed by atoms with Gasteiger partial charge in [0.15, 0.2) is 0 Å². The summed E-state index contributed by atoms with van der Waals surface area (Å²) in [6.45, 7) is 4.48. The molecule has 2 aromatic rings. The summed E-state index contributed by atoms with van der Waals surface area (Å²) in [7, 11) is -4.25. The lowest BCUT2D eigenvalue weighted by atomic mass is 9.91. The van der Waals surface area contributed by atoms with Crippen LogP contribution in [-0.4, -0.2) is 13.0 Å². The van der Waals surface area contributed by atoms with Crippen molar-refractivity contribution in [2.45, 2.75) is 134 Å². The number of hydrogen-bond acceptors (Lipinski definition) is 2. The molecule has 2 rings (SSSR count). The van der Waals surface area contributed by atoms with Crippen LogP contribution in [0.4, 0.5) is 0 Å². The maximum absolute atomic E-state index is 12.3. The molecule has 0 atom stereocenters. The van der Waals surface area contributed by atoms with Crippen molar-refractivity contribution >= 4 is 20.9 Å². The third kappa shape index (κ3) is 10.1. The van der Waals surface area contributed by atoms with Crippen LogP contribution < -0.4 is 0 Å². The van der Waals surface area contributed by atoms with Crippen molar-refractivity contribution in [3.05, 3.63) is 41.5 Å². The summed E-state index contributed by atoms with van der Waals surface area (Å²) in [6, 6.07) is 9.73. The maximum atomic E-state index is 12.3. The van der Waals surface area contributed by atoms with Crippen molar-refractivity contribution < 1.29 is 13.0 Å². The first-order valence-corrected chi connectivity index (χ1v) is 15.4. The van der Waals surface area contributed by atoms with Gasteiger partial charge < -0.3 is 0 Å². The molecule has 2 aromatic carbocycles. The third-order valence-corrected chi connectivity index (χ3v) is 7.99. The van der Waals surface area contributed by atoms with Crippen molar-refractivity contribution in [2.24, 2.45) is 0 Å². The predicted octanol–water partition coefficient (Wildman–Crippen LogP) is 9.45. The van der Waals surface area contributed by atoms with Crippen LogP contribution in [0.25, 0.3) is 10.8 Å². The van der Waals surface area contributed by atoms with Crippen molar-refractivity contribution in [3.63, 3.8) is 0 Å². The molecule has 192 valence electrons. The summed E-state index contributed by atoms with van der Waals surface area (Å²) in [6.07, 6.45) is 21.4. The number of aryl methyl sites for hydroxylation is 1. The predicted molar refractivity (Wildman–Crippen MR) is 146 cm³/mol. The zero-order chi connectivity index (χ0) is 24.7. The van der Waals surface area contributed by atoms with Crippen LogP contribution in [0.2, 0.25) is 0 Å². The molecular weight excluding hydrogens is 440 g/mol. The second-order valence-electron chi connectivity index (χ2n) is 9.98. The minimum absolute atomic E-state index is 0.128. The molecule has 0 saturated carbocycles. The van der Waals surface area contributed by atoms with E-state index in [0.717, 1.165) is 54.0 Å². The highest BCUT2D eigenvalue weighted by Gasteiger charge is 2.21. The van der Waals surface area contributed by atoms with Gasteiger partial charge in [-0.25, -0.2) is 0 Å². The molecule has 0 aliphatic heterocycles. The highest BCUT2D eigenvalue weighted by molar-refractivity contribution is 7.85. The Bertz CT molecular complexity index is 933. The number of rotatable bonds is 19. The smallest absolute Gasteiger partial charge is 0.282 e. The second-order valence-corrected chi connectivity index (χ2v) is 11.4. The number of fused-ring (bicyclic) bond motifs is 1. The largest absolute Gasteiger partial charge is 0.294 e. The molecular formula is C30H48O3S. The summed E-state index contributed by atoms with van der Waals surface area (Å²) in [5.74, 6) is 0. The molecule has 0 aliphatic rings. The molecule has 0 unspecified atom stereocenters. The van der Waals surface area contributed by atoms with E-state index in [0.29, 0.717) is 0 Å². The highest BCUT2D eigenvalue weighted by Crippen LogP contribution is 2.32. The van der Waals surface area contributed by atoms with Crippen molar-refractivity contribution in [3.8, 4) is 0 Å². The van der Waals surface area contributed by atoms with Gasteiger partial charge in [-0.05, 0) is 53.6 Å². The Morgan fingerprint density at radius 2 is 1.06 bits per heavy atom. The zero-order valence-corrected chi connectivity index (χ0v) is 22.6. The van der Waals surface area contributed by atoms with Gasteiger partial charge in [0.1, 0.15) is 0 Å². The van der Waals surface area contributed by atoms with Crippen LogP contribution in [0.1, 0.15) is 128 Å². The normalized spacial score (nSPS) is 12.0. The topological polar surface area (TPSA) is 54.4 Å². The molecule has 0 radical (unpaired) electrons. The lowest BCUT2D eigenvalue weighted by Gasteiger charge is -2.17. The summed E-state index contributed by atoms with van der Waals surface area (Å²) < 4.78 is 34.7. The molecule has 3 nitrogen and oxygen atoms in total. The fourth-order valence-corrected chi connectivity index (χ4v) is 5.91. The lowest BCUT2D eigenvalue weighted by molar-refractivity contribution is 0.481. The van der Waals surface area contributed by atoms with Crippen LogP contribution >= 0.6 is 0 Å². The molecule has 0 heterocycles. The maximum Gasteiger partial charge on any atom is 0.294 e. The van der Waals surface area contributed by atoms with Crippen molar-refractivity contribution in [1.82, 2.24) is 0 Å². The summed E-state index contributed by atoms with van der Waals surface area (Å²) in [4.78, 5) is 0.128. The molecule has 1 N–H and O–H groups in total. The molecule has 0 saturated heterocycles. The van der Waals surface area contributed by atoms with Crippen LogP contribution in [0.3, 0.4) is 0 Å². The fraction of sp³-hybridized carbons (Fsp3) is 0.667. The summed E-state index contributed by atoms with van der Waals surface area (Å²) >= 11 is 0. The van der Waals surface area contributed by atoms with Gasteiger partial charge in [0.05, 0.1) is 4.90 Å². The Morgan fingerprint density at radius 1 is 0.618 bits per heavy atom. The molecule has 0 aromatic heterocycles. The van der Waals surface area contributed by atoms with Crippen LogP contribution in [0.15, 0.2) is 35.2 Å². The average Bonchev–Trinajstić information content (AvgIpc) is 2.82. The van der Waals surface area contributed by atoms with Crippen molar-refractivity contribution in [2.75, 3.05) is 0 Å². The van der Waals surface area contributed by atoms with E-state index < -0.39 is 10.1 Å². The van der Waals surface area contributed by atoms with Gasteiger partial charge in [0.25, 0.3) is 10.1 Å². The van der Waals surface area contributed by atoms with Gasteiger partial charge in [-0.1, -0.05) is 128 Å². The molecule has 34 heavy (non-hydrogen) atoms. The summed E-state index contributed by atoms with van der Waals surface area (Å²) in [5.41, 5.74) is 2.00. The van der Waals surface area contributed by atoms with E-state index in [9.17, 15) is 13.0 Å². The van der Waals surface area contributed by atoms with Crippen LogP contribution in [0, 0.1) is 0 Å². The average molecular weight is 489 g/mol. The van der Waals surface area contributed by atoms with E-state index in [4.69, 9.17) is 0 Å². The Labute approximate surface area is 209 Å². The standard InChI is InChI=1S/C30H48O3S/c1-3-5-7-9-11-13-15-17-23-28-27-22-20-19-21-26(27)25-30(34(31,32)33)29(28)24-18-16-14-12-10-8-6-4-2/h19-22,25H,3-18,23-24H2,1-2H3,(H,31,32,33). The Hall–Kier alpha value is -1.39. The molecule has 0 amide bonds. The number of unbranched alkanes of at least 4 members (excludes halogenated alkanes) is 14. The zero-order valence-electron chi connectivity index (χ0n) is 21.8. The van der Waals surface area contributed by atoms with E-state index in [2.05, 4.69) is 19.9 Å². The quantitative estimate of drug-likeness (QED) is 0.158. The Balaban J connectivity index is 2.08. The first-order valence-electron chi connectivity index (χ1n) is 14.0. The minimum atomic E-state index is -4.25. The minimum Gasteiger partial charge on any atom is -0.282 e. The number of benzene rings is 2. The Morgan fingerprint density at radius 3 is 1.56 bits per heavy atom. The van der Waals surface area contributed by atoms with Crippen LogP contribution in [0.5, 0.6) is 0 Å². The third-order valence-electron chi connectivity index (χ3n) is 7.07. The first kappa shape index (κ1) is 28.8. The lowest BCUT2D eigenvalue weighted by Crippen LogP contribution is -2.08. The van der Waals surface area contributed by atoms with Gasteiger partial charge in [-0.15, -0.1) is 0 Å². The van der Waals surface area contributed by atoms with Crippen molar-refractivity contribution in [1.29, 1.82) is 0 Å². The second kappa shape index (κ2) is 16.3. The van der Waals surface area contributed by atoms with E-state index in [1.165, 1.54) is 83.5 Å². The monoisotopic (exact) mass is 488 g/mol. The highest BCUT2D eigenvalue weighted by atomic mass is 32.2. The molecule has 0 aliphatic carbocycles. The Kier molecular flexibility index (Phi) is 13.8. The van der Waals surface area contributed by atoms with Gasteiger partial charge in [0.2, 0.25) is 0 Å². The van der Waals surface area contributed by atoms with Crippen LogP contribution in [-0.2, 0) is 23.0 Å². The van der Waals surface area contributed by atoms with Gasteiger partial charge in [-0.2, -0.15) is 8.42 Å². The van der Waals surface area contributed by atoms with E-state index in [1.807, 2.05) is 18.2 Å². The van der Waals surface area contributed by atoms with E-state index >= 15 is 0 Å². The van der Waals surface area contributed by atoms with Gasteiger partial charge in [-0.3, -0.25) is 4.55 Å². The van der Waals surface area contributed by atoms with E-state index in [-0.39, 0.29) is 4.90 Å². The number of hydrogen-bond donors (Lipinski definition) is 1. The van der Waals surface area contributed by atoms with Gasteiger partial charge >= 0.3 is 0 Å². The molecule has 0 fully saturated rings.